The number of hydrogen-bond acceptors (Lipinski definition) is 4. The van der Waals surface area contributed by atoms with Crippen LogP contribution in [0.2, 0.25) is 5.02 Å². The molecule has 0 fully saturated rings. The van der Waals surface area contributed by atoms with Crippen molar-refractivity contribution >= 4 is 23.5 Å². The number of halogens is 1. The second-order valence-electron chi connectivity index (χ2n) is 5.76. The number of nitrogens with one attached hydrogen (secondary N) is 1. The number of carbonyl (C=O) groups excluding carboxylic acids is 2. The molecule has 0 saturated heterocycles. The van der Waals surface area contributed by atoms with Crippen LogP contribution in [0.3, 0.4) is 0 Å². The number of carbonyl (C=O) groups is 2. The molecule has 2 aromatic carbocycles. The Morgan fingerprint density at radius 2 is 1.81 bits per heavy atom. The van der Waals surface area contributed by atoms with Gasteiger partial charge in [0.25, 0.3) is 0 Å². The first-order valence-electron chi connectivity index (χ1n) is 8.12. The third-order valence-corrected chi connectivity index (χ3v) is 4.18. The first kappa shape index (κ1) is 19.5. The largest absolute Gasteiger partial charge is 0.469 e. The van der Waals surface area contributed by atoms with Crippen LogP contribution >= 0.6 is 11.6 Å². The lowest BCUT2D eigenvalue weighted by Crippen LogP contribution is -2.30. The summed E-state index contributed by atoms with van der Waals surface area (Å²) in [7, 11) is 1.31. The van der Waals surface area contributed by atoms with Crippen LogP contribution in [0.5, 0.6) is 0 Å². The first-order valence-corrected chi connectivity index (χ1v) is 8.50. The molecule has 134 valence electrons. The van der Waals surface area contributed by atoms with Gasteiger partial charge in [0.2, 0.25) is 5.91 Å². The lowest BCUT2D eigenvalue weighted by Gasteiger charge is -2.18. The zero-order valence-corrected chi connectivity index (χ0v) is 15.1. The molecule has 0 bridgehead atoms. The van der Waals surface area contributed by atoms with E-state index in [1.807, 2.05) is 12.1 Å². The Morgan fingerprint density at radius 1 is 1.15 bits per heavy atom. The van der Waals surface area contributed by atoms with Gasteiger partial charge >= 0.3 is 5.97 Å². The number of esters is 1. The summed E-state index contributed by atoms with van der Waals surface area (Å²) >= 11 is 5.90. The average molecular weight is 371 g/mol. The molecule has 6 heteroatoms. The molecule has 1 unspecified atom stereocenters. The van der Waals surface area contributed by atoms with Crippen LogP contribution in [0.25, 0.3) is 0 Å². The molecule has 0 radical (unpaired) electrons. The Morgan fingerprint density at radius 3 is 2.38 bits per heavy atom. The molecule has 2 aromatic rings. The Kier molecular flexibility index (Phi) is 7.19. The molecule has 1 N–H and O–H groups in total. The maximum absolute atomic E-state index is 12.3. The first-order chi connectivity index (χ1) is 12.5. The molecule has 0 aliphatic rings. The van der Waals surface area contributed by atoms with Crippen LogP contribution in [-0.2, 0) is 20.7 Å². The minimum atomic E-state index is -0.479. The smallest absolute Gasteiger partial charge is 0.307 e. The molecule has 0 aliphatic carbocycles. The van der Waals surface area contributed by atoms with Gasteiger partial charge < -0.3 is 10.1 Å². The number of nitrogens with zero attached hydrogens (tertiary/aromatic N) is 1. The topological polar surface area (TPSA) is 79.2 Å². The zero-order chi connectivity index (χ0) is 18.9. The quantitative estimate of drug-likeness (QED) is 0.756. The zero-order valence-electron chi connectivity index (χ0n) is 14.4. The summed E-state index contributed by atoms with van der Waals surface area (Å²) in [5.41, 5.74) is 2.33. The van der Waals surface area contributed by atoms with Gasteiger partial charge in [0.05, 0.1) is 31.2 Å². The van der Waals surface area contributed by atoms with Gasteiger partial charge in [-0.05, 0) is 41.8 Å². The molecule has 5 nitrogen and oxygen atoms in total. The Labute approximate surface area is 157 Å². The number of hydrogen-bond donors (Lipinski definition) is 1. The van der Waals surface area contributed by atoms with Gasteiger partial charge in [0.15, 0.2) is 0 Å². The molecule has 2 rings (SSSR count). The standard InChI is InChI=1S/C20H19ClN2O3/c1-26-20(25)12-18(16-7-9-17(21)10-8-16)23-19(24)11-6-14-2-4-15(13-22)5-3-14/h2-5,7-10,18H,6,11-12H2,1H3,(H,23,24). The van der Waals surface area contributed by atoms with Crippen LogP contribution in [-0.4, -0.2) is 19.0 Å². The summed E-state index contributed by atoms with van der Waals surface area (Å²) in [6.07, 6.45) is 0.862. The van der Waals surface area contributed by atoms with E-state index in [2.05, 4.69) is 11.4 Å². The normalized spacial score (nSPS) is 11.3. The van der Waals surface area contributed by atoms with E-state index in [1.54, 1.807) is 36.4 Å². The summed E-state index contributed by atoms with van der Waals surface area (Å²) < 4.78 is 4.72. The molecule has 1 atom stereocenters. The van der Waals surface area contributed by atoms with Crippen LogP contribution in [0.4, 0.5) is 0 Å². The molecule has 0 saturated carbocycles. The van der Waals surface area contributed by atoms with E-state index in [-0.39, 0.29) is 18.7 Å². The van der Waals surface area contributed by atoms with Crippen molar-refractivity contribution in [3.63, 3.8) is 0 Å². The van der Waals surface area contributed by atoms with E-state index in [9.17, 15) is 9.59 Å². The van der Waals surface area contributed by atoms with Crippen molar-refractivity contribution in [3.05, 3.63) is 70.2 Å². The molecule has 0 aliphatic heterocycles. The van der Waals surface area contributed by atoms with Crippen molar-refractivity contribution < 1.29 is 14.3 Å². The van der Waals surface area contributed by atoms with E-state index >= 15 is 0 Å². The maximum Gasteiger partial charge on any atom is 0.307 e. The van der Waals surface area contributed by atoms with Gasteiger partial charge in [0, 0.05) is 11.4 Å². The van der Waals surface area contributed by atoms with Crippen LogP contribution < -0.4 is 5.32 Å². The molecule has 1 amide bonds. The Hall–Kier alpha value is -2.84. The van der Waals surface area contributed by atoms with Crippen molar-refractivity contribution in [2.75, 3.05) is 7.11 Å². The lowest BCUT2D eigenvalue weighted by atomic mass is 10.0. The van der Waals surface area contributed by atoms with Gasteiger partial charge in [-0.3, -0.25) is 9.59 Å². The van der Waals surface area contributed by atoms with Crippen LogP contribution in [0.1, 0.15) is 35.6 Å². The van der Waals surface area contributed by atoms with Crippen molar-refractivity contribution in [2.24, 2.45) is 0 Å². The van der Waals surface area contributed by atoms with Gasteiger partial charge in [-0.1, -0.05) is 35.9 Å². The molecule has 0 spiro atoms. The second kappa shape index (κ2) is 9.59. The lowest BCUT2D eigenvalue weighted by molar-refractivity contribution is -0.141. The maximum atomic E-state index is 12.3. The van der Waals surface area contributed by atoms with Crippen molar-refractivity contribution in [1.82, 2.24) is 5.32 Å². The minimum Gasteiger partial charge on any atom is -0.469 e. The average Bonchev–Trinajstić information content (AvgIpc) is 2.66. The molecule has 0 heterocycles. The Balaban J connectivity index is 1.99. The predicted octanol–water partition coefficient (Wildman–Crippen LogP) is 3.56. The SMILES string of the molecule is COC(=O)CC(NC(=O)CCc1ccc(C#N)cc1)c1ccc(Cl)cc1. The van der Waals surface area contributed by atoms with Crippen molar-refractivity contribution in [3.8, 4) is 6.07 Å². The highest BCUT2D eigenvalue weighted by atomic mass is 35.5. The van der Waals surface area contributed by atoms with Crippen LogP contribution in [0, 0.1) is 11.3 Å². The number of rotatable bonds is 7. The summed E-state index contributed by atoms with van der Waals surface area (Å²) in [6.45, 7) is 0. The summed E-state index contributed by atoms with van der Waals surface area (Å²) in [5.74, 6) is -0.574. The minimum absolute atomic E-state index is 0.0424. The number of ether oxygens (including phenoxy) is 1. The summed E-state index contributed by atoms with van der Waals surface area (Å²) in [6, 6.07) is 15.7. The fraction of sp³-hybridized carbons (Fsp3) is 0.250. The second-order valence-corrected chi connectivity index (χ2v) is 6.20. The highest BCUT2D eigenvalue weighted by Crippen LogP contribution is 2.20. The molecule has 26 heavy (non-hydrogen) atoms. The summed E-state index contributed by atoms with van der Waals surface area (Å²) in [5, 5.41) is 12.3. The van der Waals surface area contributed by atoms with Crippen LogP contribution in [0.15, 0.2) is 48.5 Å². The van der Waals surface area contributed by atoms with E-state index in [0.29, 0.717) is 17.0 Å². The highest BCUT2D eigenvalue weighted by Gasteiger charge is 2.19. The predicted molar refractivity (Wildman–Crippen MR) is 98.4 cm³/mol. The number of aryl methyl sites for hydroxylation is 1. The van der Waals surface area contributed by atoms with Gasteiger partial charge in [-0.25, -0.2) is 0 Å². The van der Waals surface area contributed by atoms with Gasteiger partial charge in [-0.2, -0.15) is 5.26 Å². The van der Waals surface area contributed by atoms with Gasteiger partial charge in [-0.15, -0.1) is 0 Å². The monoisotopic (exact) mass is 370 g/mol. The fourth-order valence-corrected chi connectivity index (χ4v) is 2.59. The van der Waals surface area contributed by atoms with Gasteiger partial charge in [0.1, 0.15) is 0 Å². The van der Waals surface area contributed by atoms with Crippen molar-refractivity contribution in [1.29, 1.82) is 5.26 Å². The fourth-order valence-electron chi connectivity index (χ4n) is 2.47. The Bertz CT molecular complexity index is 795. The number of benzene rings is 2. The third kappa shape index (κ3) is 5.91. The highest BCUT2D eigenvalue weighted by molar-refractivity contribution is 6.30. The number of amides is 1. The molecular formula is C20H19ClN2O3. The van der Waals surface area contributed by atoms with Crippen molar-refractivity contribution in [2.45, 2.75) is 25.3 Å². The third-order valence-electron chi connectivity index (χ3n) is 3.93. The molecule has 0 aromatic heterocycles. The van der Waals surface area contributed by atoms with E-state index in [0.717, 1.165) is 11.1 Å². The molecular weight excluding hydrogens is 352 g/mol. The number of methoxy groups -OCH3 is 1. The summed E-state index contributed by atoms with van der Waals surface area (Å²) in [4.78, 5) is 24.0. The number of nitriles is 1. The van der Waals surface area contributed by atoms with E-state index in [4.69, 9.17) is 21.6 Å². The van der Waals surface area contributed by atoms with E-state index < -0.39 is 12.0 Å². The van der Waals surface area contributed by atoms with E-state index in [1.165, 1.54) is 7.11 Å².